The van der Waals surface area contributed by atoms with E-state index >= 15 is 0 Å². The van der Waals surface area contributed by atoms with Crippen LogP contribution in [0.25, 0.3) is 0 Å². The van der Waals surface area contributed by atoms with Crippen LogP contribution in [0.4, 0.5) is 0 Å². The fourth-order valence-electron chi connectivity index (χ4n) is 0.838. The Bertz CT molecular complexity index is 204. The third-order valence-electron chi connectivity index (χ3n) is 1.41. The van der Waals surface area contributed by atoms with Gasteiger partial charge in [-0.3, -0.25) is 0 Å². The highest BCUT2D eigenvalue weighted by molar-refractivity contribution is 7.87. The maximum atomic E-state index is 11.0. The van der Waals surface area contributed by atoms with Crippen molar-refractivity contribution in [3.8, 4) is 0 Å². The molecular formula is C7H19N3O2S. The maximum absolute atomic E-state index is 11.0. The van der Waals surface area contributed by atoms with Crippen LogP contribution >= 0.6 is 0 Å². The summed E-state index contributed by atoms with van der Waals surface area (Å²) in [6.07, 6.45) is 0.804. The molecule has 0 radical (unpaired) electrons. The van der Waals surface area contributed by atoms with Crippen LogP contribution in [-0.4, -0.2) is 34.6 Å². The second-order valence-corrected chi connectivity index (χ2v) is 4.19. The van der Waals surface area contributed by atoms with E-state index in [-0.39, 0.29) is 0 Å². The van der Waals surface area contributed by atoms with Gasteiger partial charge in [-0.05, 0) is 19.5 Å². The normalized spacial score (nSPS) is 11.8. The van der Waals surface area contributed by atoms with Crippen molar-refractivity contribution in [3.05, 3.63) is 0 Å². The van der Waals surface area contributed by atoms with Crippen molar-refractivity contribution < 1.29 is 8.42 Å². The molecule has 0 aromatic carbocycles. The minimum absolute atomic E-state index is 0.419. The van der Waals surface area contributed by atoms with Crippen LogP contribution in [0, 0.1) is 0 Å². The first kappa shape index (κ1) is 12.8. The number of nitrogens with one attached hydrogen (secondary N) is 3. The molecular weight excluding hydrogens is 190 g/mol. The molecule has 0 saturated heterocycles. The zero-order valence-electron chi connectivity index (χ0n) is 8.26. The van der Waals surface area contributed by atoms with E-state index < -0.39 is 10.2 Å². The largest absolute Gasteiger partial charge is 0.317 e. The lowest BCUT2D eigenvalue weighted by Gasteiger charge is -2.06. The summed E-state index contributed by atoms with van der Waals surface area (Å²) in [6.45, 7) is 6.41. The third kappa shape index (κ3) is 8.17. The Morgan fingerprint density at radius 3 is 2.23 bits per heavy atom. The maximum Gasteiger partial charge on any atom is 0.276 e. The van der Waals surface area contributed by atoms with Crippen LogP contribution in [0.5, 0.6) is 0 Å². The van der Waals surface area contributed by atoms with E-state index in [1.165, 1.54) is 0 Å². The quantitative estimate of drug-likeness (QED) is 0.469. The molecule has 0 heterocycles. The molecule has 0 aromatic heterocycles. The predicted molar refractivity (Wildman–Crippen MR) is 53.8 cm³/mol. The van der Waals surface area contributed by atoms with Gasteiger partial charge in [0.25, 0.3) is 10.2 Å². The Labute approximate surface area is 80.5 Å². The van der Waals surface area contributed by atoms with Crippen LogP contribution in [0.2, 0.25) is 0 Å². The summed E-state index contributed by atoms with van der Waals surface area (Å²) in [4.78, 5) is 0. The van der Waals surface area contributed by atoms with E-state index in [0.717, 1.165) is 19.5 Å². The van der Waals surface area contributed by atoms with Crippen molar-refractivity contribution in [2.45, 2.75) is 20.3 Å². The second kappa shape index (κ2) is 7.25. The average Bonchev–Trinajstić information content (AvgIpc) is 2.04. The van der Waals surface area contributed by atoms with Gasteiger partial charge in [-0.2, -0.15) is 8.42 Å². The Hall–Kier alpha value is -0.170. The summed E-state index contributed by atoms with van der Waals surface area (Å²) in [6, 6.07) is 0. The highest BCUT2D eigenvalue weighted by Gasteiger charge is 2.04. The molecule has 0 amide bonds. The molecule has 0 rings (SSSR count). The highest BCUT2D eigenvalue weighted by atomic mass is 32.2. The fourth-order valence-corrected chi connectivity index (χ4v) is 1.73. The number of rotatable bonds is 8. The molecule has 0 aromatic rings. The Morgan fingerprint density at radius 1 is 1.00 bits per heavy atom. The standard InChI is InChI=1S/C7H19N3O2S/c1-3-8-6-5-7-10-13(11,12)9-4-2/h8-10H,3-7H2,1-2H3. The predicted octanol–water partition coefficient (Wildman–Crippen LogP) is -0.570. The topological polar surface area (TPSA) is 70.2 Å². The van der Waals surface area contributed by atoms with Gasteiger partial charge < -0.3 is 5.32 Å². The lowest BCUT2D eigenvalue weighted by atomic mass is 10.4. The van der Waals surface area contributed by atoms with Crippen LogP contribution in [0.15, 0.2) is 0 Å². The first-order valence-electron chi connectivity index (χ1n) is 4.57. The van der Waals surface area contributed by atoms with Crippen LogP contribution < -0.4 is 14.8 Å². The molecule has 0 bridgehead atoms. The van der Waals surface area contributed by atoms with Gasteiger partial charge in [0, 0.05) is 13.1 Å². The lowest BCUT2D eigenvalue weighted by Crippen LogP contribution is -2.37. The molecule has 0 aliphatic rings. The summed E-state index contributed by atoms with van der Waals surface area (Å²) < 4.78 is 26.8. The molecule has 0 aliphatic heterocycles. The van der Waals surface area contributed by atoms with E-state index in [1.54, 1.807) is 6.92 Å². The molecule has 0 fully saturated rings. The Balaban J connectivity index is 3.41. The Morgan fingerprint density at radius 2 is 1.69 bits per heavy atom. The zero-order chi connectivity index (χ0) is 10.2. The van der Waals surface area contributed by atoms with Gasteiger partial charge in [0.1, 0.15) is 0 Å². The van der Waals surface area contributed by atoms with Gasteiger partial charge in [0.05, 0.1) is 0 Å². The molecule has 5 nitrogen and oxygen atoms in total. The first-order valence-corrected chi connectivity index (χ1v) is 6.05. The molecule has 6 heteroatoms. The molecule has 0 spiro atoms. The van der Waals surface area contributed by atoms with E-state index in [4.69, 9.17) is 0 Å². The van der Waals surface area contributed by atoms with Gasteiger partial charge in [-0.1, -0.05) is 13.8 Å². The van der Waals surface area contributed by atoms with Crippen molar-refractivity contribution in [3.63, 3.8) is 0 Å². The van der Waals surface area contributed by atoms with Gasteiger partial charge in [0.15, 0.2) is 0 Å². The zero-order valence-corrected chi connectivity index (χ0v) is 9.08. The summed E-state index contributed by atoms with van der Waals surface area (Å²) in [5, 5.41) is 3.11. The molecule has 0 unspecified atom stereocenters. The third-order valence-corrected chi connectivity index (χ3v) is 2.66. The summed E-state index contributed by atoms with van der Waals surface area (Å²) >= 11 is 0. The molecule has 13 heavy (non-hydrogen) atoms. The first-order chi connectivity index (χ1) is 6.12. The van der Waals surface area contributed by atoms with E-state index in [0.29, 0.717) is 13.1 Å². The summed E-state index contributed by atoms with van der Waals surface area (Å²) in [5.74, 6) is 0. The van der Waals surface area contributed by atoms with Crippen molar-refractivity contribution >= 4 is 10.2 Å². The minimum Gasteiger partial charge on any atom is -0.317 e. The molecule has 0 aliphatic carbocycles. The van der Waals surface area contributed by atoms with E-state index in [9.17, 15) is 8.42 Å². The van der Waals surface area contributed by atoms with Crippen molar-refractivity contribution in [2.24, 2.45) is 0 Å². The van der Waals surface area contributed by atoms with Gasteiger partial charge in [-0.15, -0.1) is 0 Å². The van der Waals surface area contributed by atoms with Crippen LogP contribution in [-0.2, 0) is 10.2 Å². The lowest BCUT2D eigenvalue weighted by molar-refractivity contribution is 0.563. The second-order valence-electron chi connectivity index (χ2n) is 2.60. The fraction of sp³-hybridized carbons (Fsp3) is 1.00. The smallest absolute Gasteiger partial charge is 0.276 e. The van der Waals surface area contributed by atoms with E-state index in [2.05, 4.69) is 14.8 Å². The van der Waals surface area contributed by atoms with Crippen molar-refractivity contribution in [1.29, 1.82) is 0 Å². The summed E-state index contributed by atoms with van der Waals surface area (Å²) in [7, 11) is -3.25. The van der Waals surface area contributed by atoms with E-state index in [1.807, 2.05) is 6.92 Å². The summed E-state index contributed by atoms with van der Waals surface area (Å²) in [5.41, 5.74) is 0. The minimum atomic E-state index is -3.25. The highest BCUT2D eigenvalue weighted by Crippen LogP contribution is 1.78. The molecule has 0 atom stereocenters. The number of hydrogen-bond donors (Lipinski definition) is 3. The molecule has 3 N–H and O–H groups in total. The molecule has 80 valence electrons. The van der Waals surface area contributed by atoms with Gasteiger partial charge in [-0.25, -0.2) is 9.44 Å². The van der Waals surface area contributed by atoms with Crippen molar-refractivity contribution in [1.82, 2.24) is 14.8 Å². The monoisotopic (exact) mass is 209 g/mol. The van der Waals surface area contributed by atoms with Crippen molar-refractivity contribution in [2.75, 3.05) is 26.2 Å². The van der Waals surface area contributed by atoms with Gasteiger partial charge in [0.2, 0.25) is 0 Å². The van der Waals surface area contributed by atoms with Gasteiger partial charge >= 0.3 is 0 Å². The molecule has 0 saturated carbocycles. The average molecular weight is 209 g/mol. The Kier molecular flexibility index (Phi) is 7.16. The number of hydrogen-bond acceptors (Lipinski definition) is 3. The SMILES string of the molecule is CCNCCCNS(=O)(=O)NCC. The van der Waals surface area contributed by atoms with Crippen LogP contribution in [0.1, 0.15) is 20.3 Å². The van der Waals surface area contributed by atoms with Crippen LogP contribution in [0.3, 0.4) is 0 Å².